The van der Waals surface area contributed by atoms with Gasteiger partial charge in [0.2, 0.25) is 0 Å². The largest absolute Gasteiger partial charge is 0.335 e. The summed E-state index contributed by atoms with van der Waals surface area (Å²) in [7, 11) is 1.73. The van der Waals surface area contributed by atoms with Crippen LogP contribution in [0, 0.1) is 0 Å². The average molecular weight is 215 g/mol. The van der Waals surface area contributed by atoms with Crippen molar-refractivity contribution in [3.05, 3.63) is 0 Å². The quantitative estimate of drug-likeness (QED) is 0.721. The average Bonchev–Trinajstić information content (AvgIpc) is 2.16. The third-order valence-electron chi connectivity index (χ3n) is 1.84. The van der Waals surface area contributed by atoms with Crippen molar-refractivity contribution in [1.82, 2.24) is 10.2 Å². The topological polar surface area (TPSA) is 44.7 Å². The van der Waals surface area contributed by atoms with Crippen molar-refractivity contribution >= 4 is 23.0 Å². The molecule has 0 atom stereocenters. The summed E-state index contributed by atoms with van der Waals surface area (Å²) >= 11 is 1.64. The van der Waals surface area contributed by atoms with Crippen LogP contribution in [0.1, 0.15) is 20.3 Å². The first-order valence-corrected chi connectivity index (χ1v) is 5.81. The molecule has 0 aromatic heterocycles. The number of hydrogen-bond donors (Lipinski definition) is 1. The minimum absolute atomic E-state index is 0.0344. The van der Waals surface area contributed by atoms with Crippen molar-refractivity contribution < 1.29 is 4.79 Å². The fraction of sp³-hybridized carbons (Fsp3) is 0.778. The Labute approximate surface area is 89.1 Å². The zero-order valence-electron chi connectivity index (χ0n) is 8.91. The fourth-order valence-corrected chi connectivity index (χ4v) is 2.17. The number of amidine groups is 1. The molecule has 0 aromatic rings. The number of amides is 2. The minimum atomic E-state index is -0.0344. The van der Waals surface area contributed by atoms with Gasteiger partial charge in [-0.1, -0.05) is 11.8 Å². The second-order valence-corrected chi connectivity index (χ2v) is 4.53. The lowest BCUT2D eigenvalue weighted by molar-refractivity contribution is 0.218. The first-order valence-electron chi connectivity index (χ1n) is 4.82. The van der Waals surface area contributed by atoms with Crippen molar-refractivity contribution in [3.8, 4) is 0 Å². The van der Waals surface area contributed by atoms with Crippen LogP contribution in [-0.4, -0.2) is 41.5 Å². The highest BCUT2D eigenvalue weighted by atomic mass is 32.2. The number of nitrogens with one attached hydrogen (secondary N) is 1. The first kappa shape index (κ1) is 11.4. The van der Waals surface area contributed by atoms with E-state index in [2.05, 4.69) is 10.3 Å². The van der Waals surface area contributed by atoms with Gasteiger partial charge in [0.25, 0.3) is 0 Å². The van der Waals surface area contributed by atoms with E-state index in [1.54, 1.807) is 23.7 Å². The second kappa shape index (κ2) is 5.24. The third-order valence-corrected chi connectivity index (χ3v) is 2.99. The van der Waals surface area contributed by atoms with Gasteiger partial charge < -0.3 is 5.32 Å². The standard InChI is InChI=1S/C9H17N3OS/c1-7(2)11-8(13)12-5-4-6-14-9(12)10-3/h7H,4-6H2,1-3H3,(H,11,13). The molecule has 80 valence electrons. The van der Waals surface area contributed by atoms with Gasteiger partial charge in [-0.05, 0) is 20.3 Å². The number of carbonyl (C=O) groups is 1. The summed E-state index contributed by atoms with van der Waals surface area (Å²) in [5.41, 5.74) is 0. The van der Waals surface area contributed by atoms with Crippen LogP contribution in [0.5, 0.6) is 0 Å². The van der Waals surface area contributed by atoms with Crippen molar-refractivity contribution in [2.24, 2.45) is 4.99 Å². The molecule has 1 fully saturated rings. The van der Waals surface area contributed by atoms with Gasteiger partial charge in [-0.15, -0.1) is 0 Å². The number of aliphatic imine (C=N–C) groups is 1. The zero-order valence-corrected chi connectivity index (χ0v) is 9.73. The fourth-order valence-electron chi connectivity index (χ4n) is 1.26. The summed E-state index contributed by atoms with van der Waals surface area (Å²) in [6, 6.07) is 0.139. The molecule has 0 bridgehead atoms. The molecule has 0 radical (unpaired) electrons. The summed E-state index contributed by atoms with van der Waals surface area (Å²) in [4.78, 5) is 17.5. The Morgan fingerprint density at radius 1 is 1.64 bits per heavy atom. The molecule has 1 N–H and O–H groups in total. The van der Waals surface area contributed by atoms with Crippen molar-refractivity contribution in [2.75, 3.05) is 19.3 Å². The highest BCUT2D eigenvalue weighted by Gasteiger charge is 2.22. The van der Waals surface area contributed by atoms with Crippen molar-refractivity contribution in [1.29, 1.82) is 0 Å². The lowest BCUT2D eigenvalue weighted by Crippen LogP contribution is -2.47. The molecular weight excluding hydrogens is 198 g/mol. The van der Waals surface area contributed by atoms with E-state index in [0.717, 1.165) is 23.9 Å². The molecule has 0 aromatic carbocycles. The van der Waals surface area contributed by atoms with E-state index >= 15 is 0 Å². The maximum Gasteiger partial charge on any atom is 0.323 e. The molecule has 1 saturated heterocycles. The smallest absolute Gasteiger partial charge is 0.323 e. The predicted octanol–water partition coefficient (Wildman–Crippen LogP) is 1.53. The van der Waals surface area contributed by atoms with Crippen LogP contribution < -0.4 is 5.32 Å². The number of nitrogens with zero attached hydrogens (tertiary/aromatic N) is 2. The van der Waals surface area contributed by atoms with Crippen molar-refractivity contribution in [3.63, 3.8) is 0 Å². The Morgan fingerprint density at radius 3 is 2.93 bits per heavy atom. The SMILES string of the molecule is CN=C1SCCCN1C(=O)NC(C)C. The molecular formula is C9H17N3OS. The van der Waals surface area contributed by atoms with Gasteiger partial charge in [0.15, 0.2) is 5.17 Å². The Hall–Kier alpha value is -0.710. The number of thioether (sulfide) groups is 1. The van der Waals surface area contributed by atoms with E-state index in [0.29, 0.717) is 0 Å². The lowest BCUT2D eigenvalue weighted by Gasteiger charge is -2.28. The second-order valence-electron chi connectivity index (χ2n) is 3.46. The van der Waals surface area contributed by atoms with Crippen LogP contribution in [0.15, 0.2) is 4.99 Å². The molecule has 14 heavy (non-hydrogen) atoms. The van der Waals surface area contributed by atoms with Gasteiger partial charge in [-0.2, -0.15) is 0 Å². The van der Waals surface area contributed by atoms with Gasteiger partial charge in [-0.3, -0.25) is 9.89 Å². The summed E-state index contributed by atoms with van der Waals surface area (Å²) < 4.78 is 0. The summed E-state index contributed by atoms with van der Waals surface area (Å²) in [6.07, 6.45) is 1.04. The Kier molecular flexibility index (Phi) is 4.25. The molecule has 1 aliphatic heterocycles. The molecule has 1 heterocycles. The maximum absolute atomic E-state index is 11.7. The molecule has 1 aliphatic rings. The van der Waals surface area contributed by atoms with Gasteiger partial charge in [0, 0.05) is 25.4 Å². The molecule has 1 rings (SSSR count). The van der Waals surface area contributed by atoms with Crippen molar-refractivity contribution in [2.45, 2.75) is 26.3 Å². The van der Waals surface area contributed by atoms with Gasteiger partial charge in [0.1, 0.15) is 0 Å². The minimum Gasteiger partial charge on any atom is -0.335 e. The highest BCUT2D eigenvalue weighted by Crippen LogP contribution is 2.17. The van der Waals surface area contributed by atoms with Crippen LogP contribution >= 0.6 is 11.8 Å². The van der Waals surface area contributed by atoms with E-state index in [9.17, 15) is 4.79 Å². The van der Waals surface area contributed by atoms with E-state index in [1.165, 1.54) is 0 Å². The first-order chi connectivity index (χ1) is 6.65. The normalized spacial score (nSPS) is 20.3. The molecule has 5 heteroatoms. The highest BCUT2D eigenvalue weighted by molar-refractivity contribution is 8.13. The van der Waals surface area contributed by atoms with Gasteiger partial charge >= 0.3 is 6.03 Å². The summed E-state index contributed by atoms with van der Waals surface area (Å²) in [5.74, 6) is 1.05. The predicted molar refractivity (Wildman–Crippen MR) is 60.8 cm³/mol. The molecule has 4 nitrogen and oxygen atoms in total. The van der Waals surface area contributed by atoms with Gasteiger partial charge in [-0.25, -0.2) is 4.79 Å². The molecule has 0 aliphatic carbocycles. The number of rotatable bonds is 1. The molecule has 2 amide bonds. The van der Waals surface area contributed by atoms with E-state index in [-0.39, 0.29) is 12.1 Å². The number of hydrogen-bond acceptors (Lipinski definition) is 3. The monoisotopic (exact) mass is 215 g/mol. The third kappa shape index (κ3) is 2.90. The Balaban J connectivity index is 2.60. The van der Waals surface area contributed by atoms with Crippen LogP contribution in [0.25, 0.3) is 0 Å². The van der Waals surface area contributed by atoms with E-state index in [1.807, 2.05) is 13.8 Å². The number of urea groups is 1. The lowest BCUT2D eigenvalue weighted by atomic mass is 10.4. The Morgan fingerprint density at radius 2 is 2.36 bits per heavy atom. The summed E-state index contributed by atoms with van der Waals surface area (Å²) in [5, 5.41) is 3.70. The summed E-state index contributed by atoms with van der Waals surface area (Å²) in [6.45, 7) is 4.69. The van der Waals surface area contributed by atoms with Crippen LogP contribution in [0.4, 0.5) is 4.79 Å². The maximum atomic E-state index is 11.7. The van der Waals surface area contributed by atoms with E-state index < -0.39 is 0 Å². The molecule has 0 saturated carbocycles. The van der Waals surface area contributed by atoms with Crippen LogP contribution in [-0.2, 0) is 0 Å². The van der Waals surface area contributed by atoms with Crippen LogP contribution in [0.2, 0.25) is 0 Å². The van der Waals surface area contributed by atoms with Crippen LogP contribution in [0.3, 0.4) is 0 Å². The molecule has 0 unspecified atom stereocenters. The number of carbonyl (C=O) groups excluding carboxylic acids is 1. The molecule has 0 spiro atoms. The Bertz CT molecular complexity index is 240. The van der Waals surface area contributed by atoms with Gasteiger partial charge in [0.05, 0.1) is 0 Å². The zero-order chi connectivity index (χ0) is 10.6. The van der Waals surface area contributed by atoms with E-state index in [4.69, 9.17) is 0 Å².